The Morgan fingerprint density at radius 1 is 0.733 bits per heavy atom. The van der Waals surface area contributed by atoms with Crippen molar-refractivity contribution < 1.29 is 28.8 Å². The fourth-order valence-electron chi connectivity index (χ4n) is 4.70. The average Bonchev–Trinajstić information content (AvgIpc) is 3.50. The molecule has 0 fully saturated rings. The molecule has 3 rings (SSSR count). The highest BCUT2D eigenvalue weighted by Gasteiger charge is 2.14. The Balaban J connectivity index is 1.51. The van der Waals surface area contributed by atoms with Gasteiger partial charge in [-0.15, -0.1) is 11.3 Å². The Kier molecular flexibility index (Phi) is 15.8. The fraction of sp³-hybridized carbons (Fsp3) is 0.472. The first-order valence-electron chi connectivity index (χ1n) is 16.2. The Morgan fingerprint density at radius 2 is 1.24 bits per heavy atom. The maximum absolute atomic E-state index is 12.8. The summed E-state index contributed by atoms with van der Waals surface area (Å²) in [6, 6.07) is 17.2. The highest BCUT2D eigenvalue weighted by molar-refractivity contribution is 7.15. The van der Waals surface area contributed by atoms with Crippen LogP contribution < -0.4 is 0 Å². The van der Waals surface area contributed by atoms with Gasteiger partial charge in [-0.25, -0.2) is 14.6 Å². The molecular formula is C36H48N2O6S. The third-order valence-electron chi connectivity index (χ3n) is 7.83. The predicted molar refractivity (Wildman–Crippen MR) is 182 cm³/mol. The number of hydrogen-bond acceptors (Lipinski definition) is 7. The minimum atomic E-state index is -0.381. The van der Waals surface area contributed by atoms with Crippen LogP contribution in [0.4, 0.5) is 11.4 Å². The Bertz CT molecular complexity index is 1350. The number of esters is 1. The van der Waals surface area contributed by atoms with Gasteiger partial charge in [0.2, 0.25) is 11.4 Å². The van der Waals surface area contributed by atoms with Crippen molar-refractivity contribution in [1.29, 1.82) is 0 Å². The van der Waals surface area contributed by atoms with Gasteiger partial charge in [0.05, 0.1) is 28.5 Å². The van der Waals surface area contributed by atoms with Crippen LogP contribution in [0.15, 0.2) is 60.7 Å². The van der Waals surface area contributed by atoms with Gasteiger partial charge in [-0.3, -0.25) is 0 Å². The fourth-order valence-corrected chi connectivity index (χ4v) is 5.54. The first kappa shape index (κ1) is 35.9. The zero-order chi connectivity index (χ0) is 32.4. The van der Waals surface area contributed by atoms with Crippen LogP contribution in [0.3, 0.4) is 0 Å². The van der Waals surface area contributed by atoms with Crippen molar-refractivity contribution in [2.45, 2.75) is 85.7 Å². The lowest BCUT2D eigenvalue weighted by molar-refractivity contribution is -0.354. The van der Waals surface area contributed by atoms with E-state index < -0.39 is 0 Å². The predicted octanol–water partition coefficient (Wildman–Crippen LogP) is 9.31. The Morgan fingerprint density at radius 3 is 1.76 bits per heavy atom. The molecule has 0 N–H and O–H groups in total. The number of ether oxygens (including phenoxy) is 1. The van der Waals surface area contributed by atoms with Gasteiger partial charge in [-0.05, 0) is 66.6 Å². The van der Waals surface area contributed by atoms with Gasteiger partial charge < -0.3 is 15.2 Å². The zero-order valence-electron chi connectivity index (χ0n) is 27.1. The van der Waals surface area contributed by atoms with Crippen molar-refractivity contribution >= 4 is 41.1 Å². The molecule has 0 amide bonds. The van der Waals surface area contributed by atoms with Crippen molar-refractivity contribution in [1.82, 2.24) is 0 Å². The molecule has 0 spiro atoms. The summed E-state index contributed by atoms with van der Waals surface area (Å²) in [6.45, 7) is 9.93. The molecule has 0 bridgehead atoms. The molecule has 3 aromatic rings. The van der Waals surface area contributed by atoms with Crippen molar-refractivity contribution in [3.63, 3.8) is 0 Å². The Labute approximate surface area is 272 Å². The summed E-state index contributed by atoms with van der Waals surface area (Å²) in [6.07, 6.45) is 11.8. The Hall–Kier alpha value is -3.53. The molecule has 1 aromatic heterocycles. The maximum atomic E-state index is 12.8. The summed E-state index contributed by atoms with van der Waals surface area (Å²) in [5.41, 5.74) is 2.20. The molecule has 0 aliphatic rings. The molecule has 0 aliphatic heterocycles. The summed E-state index contributed by atoms with van der Waals surface area (Å²) in [7, 11) is 0. The minimum absolute atomic E-state index is 0.314. The smallest absolute Gasteiger partial charge is 0.338 e. The standard InChI is InChI=1S/C36H48N2O6S/c1-5-9-11-28(7-3)25-42-36(39)31-15-19-33(20-16-31)38(41)24-35-22-21-34(45-35)23-37(40)32-17-13-30(14-18-32)27-44-43-26-29(8-4)12-10-6-2/h13-24,28-29H,5-12,25-27H2,1-4H3/b37-23-,38-24-. The molecule has 244 valence electrons. The normalized spacial score (nSPS) is 13.5. The number of hydrogen-bond donors (Lipinski definition) is 0. The van der Waals surface area contributed by atoms with E-state index in [-0.39, 0.29) is 5.97 Å². The molecule has 45 heavy (non-hydrogen) atoms. The lowest BCUT2D eigenvalue weighted by atomic mass is 10.0. The monoisotopic (exact) mass is 636 g/mol. The summed E-state index contributed by atoms with van der Waals surface area (Å²) < 4.78 is 7.05. The van der Waals surface area contributed by atoms with Crippen molar-refractivity contribution in [3.05, 3.63) is 92.0 Å². The van der Waals surface area contributed by atoms with Crippen LogP contribution in [-0.2, 0) is 21.1 Å². The number of benzene rings is 2. The van der Waals surface area contributed by atoms with Gasteiger partial charge in [0.1, 0.15) is 6.61 Å². The topological polar surface area (TPSA) is 96.9 Å². The van der Waals surface area contributed by atoms with Crippen molar-refractivity contribution in [3.8, 4) is 0 Å². The highest BCUT2D eigenvalue weighted by Crippen LogP contribution is 2.20. The minimum Gasteiger partial charge on any atom is -0.618 e. The number of carbonyl (C=O) groups excluding carboxylic acids is 1. The van der Waals surface area contributed by atoms with Gasteiger partial charge in [-0.2, -0.15) is 9.48 Å². The molecule has 0 saturated carbocycles. The maximum Gasteiger partial charge on any atom is 0.338 e. The summed E-state index contributed by atoms with van der Waals surface area (Å²) in [4.78, 5) is 24.7. The average molecular weight is 637 g/mol. The summed E-state index contributed by atoms with van der Waals surface area (Å²) in [5.74, 6) is 0.492. The molecular weight excluding hydrogens is 588 g/mol. The van der Waals surface area contributed by atoms with E-state index in [1.54, 1.807) is 48.5 Å². The number of carbonyl (C=O) groups is 1. The zero-order valence-corrected chi connectivity index (χ0v) is 27.9. The van der Waals surface area contributed by atoms with Gasteiger partial charge in [0.25, 0.3) is 0 Å². The van der Waals surface area contributed by atoms with E-state index in [0.717, 1.165) is 53.6 Å². The van der Waals surface area contributed by atoms with Crippen molar-refractivity contribution in [2.24, 2.45) is 11.8 Å². The number of thiophene rings is 1. The van der Waals surface area contributed by atoms with Gasteiger partial charge in [-0.1, -0.05) is 66.2 Å². The van der Waals surface area contributed by atoms with Crippen LogP contribution in [0.1, 0.15) is 105 Å². The number of rotatable bonds is 20. The van der Waals surface area contributed by atoms with E-state index in [4.69, 9.17) is 14.5 Å². The van der Waals surface area contributed by atoms with Gasteiger partial charge >= 0.3 is 5.97 Å². The third-order valence-corrected chi connectivity index (χ3v) is 8.79. The largest absolute Gasteiger partial charge is 0.618 e. The van der Waals surface area contributed by atoms with Crippen LogP contribution in [0.5, 0.6) is 0 Å². The van der Waals surface area contributed by atoms with E-state index in [1.165, 1.54) is 36.6 Å². The van der Waals surface area contributed by atoms with Crippen LogP contribution in [0.25, 0.3) is 0 Å². The summed E-state index contributed by atoms with van der Waals surface area (Å²) in [5, 5.41) is 25.5. The first-order chi connectivity index (χ1) is 21.9. The quantitative estimate of drug-likeness (QED) is 0.0233. The van der Waals surface area contributed by atoms with Crippen LogP contribution in [0, 0.1) is 22.3 Å². The van der Waals surface area contributed by atoms with Gasteiger partial charge in [0, 0.05) is 24.3 Å². The van der Waals surface area contributed by atoms with E-state index >= 15 is 0 Å². The lowest BCUT2D eigenvalue weighted by Gasteiger charge is -2.14. The van der Waals surface area contributed by atoms with E-state index in [9.17, 15) is 15.2 Å². The highest BCUT2D eigenvalue weighted by atomic mass is 32.1. The molecule has 8 nitrogen and oxygen atoms in total. The molecule has 2 unspecified atom stereocenters. The van der Waals surface area contributed by atoms with E-state index in [1.807, 2.05) is 12.1 Å². The molecule has 0 saturated heterocycles. The second-order valence-electron chi connectivity index (χ2n) is 11.3. The van der Waals surface area contributed by atoms with Crippen molar-refractivity contribution in [2.75, 3.05) is 13.2 Å². The number of unbranched alkanes of at least 4 members (excludes halogenated alkanes) is 2. The molecule has 0 aliphatic carbocycles. The second kappa shape index (κ2) is 19.8. The molecule has 9 heteroatoms. The number of nitrogens with zero attached hydrogens (tertiary/aromatic N) is 2. The molecule has 2 aromatic carbocycles. The molecule has 0 radical (unpaired) electrons. The first-order valence-corrected chi connectivity index (χ1v) is 17.0. The molecule has 1 heterocycles. The van der Waals surface area contributed by atoms with E-state index in [2.05, 4.69) is 27.7 Å². The second-order valence-corrected chi connectivity index (χ2v) is 12.5. The lowest BCUT2D eigenvalue weighted by Crippen LogP contribution is -2.14. The molecule has 2 atom stereocenters. The van der Waals surface area contributed by atoms with E-state index in [0.29, 0.717) is 58.3 Å². The summed E-state index contributed by atoms with van der Waals surface area (Å²) >= 11 is 1.32. The van der Waals surface area contributed by atoms with Crippen LogP contribution >= 0.6 is 11.3 Å². The van der Waals surface area contributed by atoms with Gasteiger partial charge in [0.15, 0.2) is 12.4 Å². The SMILES string of the molecule is CCCCC(CC)COOCc1ccc(/[N+]([O-])=C/c2ccc(/C=[N+](\[O-])c3ccc(C(=O)OCC(CC)CCCC)cc3)s2)cc1. The van der Waals surface area contributed by atoms with Crippen LogP contribution in [-0.4, -0.2) is 41.1 Å². The third kappa shape index (κ3) is 12.4. The van der Waals surface area contributed by atoms with Crippen LogP contribution in [0.2, 0.25) is 0 Å².